The van der Waals surface area contributed by atoms with Crippen LogP contribution in [0.5, 0.6) is 5.75 Å². The lowest BCUT2D eigenvalue weighted by Gasteiger charge is -2.12. The smallest absolute Gasteiger partial charge is 0.229 e. The van der Waals surface area contributed by atoms with Crippen molar-refractivity contribution in [3.63, 3.8) is 0 Å². The summed E-state index contributed by atoms with van der Waals surface area (Å²) >= 11 is 8.15. The van der Waals surface area contributed by atoms with E-state index in [1.165, 1.54) is 16.7 Å². The van der Waals surface area contributed by atoms with Gasteiger partial charge in [-0.1, -0.05) is 43.0 Å². The zero-order valence-electron chi connectivity index (χ0n) is 62.8. The van der Waals surface area contributed by atoms with Crippen molar-refractivity contribution < 1.29 is 4.74 Å². The predicted octanol–water partition coefficient (Wildman–Crippen LogP) is 23.0. The number of hydrogen-bond donors (Lipinski definition) is 12. The molecule has 13 aromatic heterocycles. The van der Waals surface area contributed by atoms with Crippen molar-refractivity contribution in [1.82, 2.24) is 85.6 Å². The lowest BCUT2D eigenvalue weighted by Crippen LogP contribution is -2.02. The van der Waals surface area contributed by atoms with Crippen LogP contribution in [0.3, 0.4) is 0 Å². The van der Waals surface area contributed by atoms with Crippen LogP contribution in [0, 0.1) is 13.8 Å². The van der Waals surface area contributed by atoms with E-state index in [4.69, 9.17) is 24.7 Å². The zero-order chi connectivity index (χ0) is 79.0. The van der Waals surface area contributed by atoms with E-state index in [1.807, 2.05) is 192 Å². The van der Waals surface area contributed by atoms with Gasteiger partial charge in [0.1, 0.15) is 5.75 Å². The Morgan fingerprint density at radius 1 is 0.350 bits per heavy atom. The van der Waals surface area contributed by atoms with Gasteiger partial charge in [0, 0.05) is 89.2 Å². The number of benzene rings is 8. The Bertz CT molecular complexity index is 6840. The van der Waals surface area contributed by atoms with E-state index in [0.29, 0.717) is 23.8 Å². The molecular weight excluding hydrogens is 1560 g/mol. The van der Waals surface area contributed by atoms with Crippen molar-refractivity contribution in [2.45, 2.75) is 37.0 Å². The molecule has 12 N–H and O–H groups in total. The highest BCUT2D eigenvalue weighted by Crippen LogP contribution is 2.38. The Hall–Kier alpha value is -14.5. The quantitative estimate of drug-likeness (QED) is 0.0337. The molecule has 0 saturated heterocycles. The van der Waals surface area contributed by atoms with Crippen LogP contribution >= 0.6 is 57.1 Å². The van der Waals surface area contributed by atoms with Gasteiger partial charge in [0.05, 0.1) is 94.8 Å². The Morgan fingerprint density at radius 3 is 1.09 bits per heavy atom. The molecule has 21 rings (SSSR count). The summed E-state index contributed by atoms with van der Waals surface area (Å²) in [6.07, 6.45) is 11.9. The second-order valence-corrected chi connectivity index (χ2v) is 31.5. The Labute approximate surface area is 687 Å². The topological polar surface area (TPSA) is 336 Å². The molecule has 13 heterocycles. The van der Waals surface area contributed by atoms with Gasteiger partial charge in [0.25, 0.3) is 0 Å². The fraction of sp³-hybridized carbons (Fsp3) is 0.0581. The summed E-state index contributed by atoms with van der Waals surface area (Å²) in [7, 11) is 1.65. The maximum Gasteiger partial charge on any atom is 0.229 e. The normalized spacial score (nSPS) is 11.1. The van der Waals surface area contributed by atoms with Gasteiger partial charge >= 0.3 is 0 Å². The van der Waals surface area contributed by atoms with E-state index in [2.05, 4.69) is 184 Å². The number of nitrogens with zero attached hydrogens (tertiary/aromatic N) is 13. The number of fused-ring (bicyclic) bond motifs is 8. The van der Waals surface area contributed by atoms with E-state index >= 15 is 0 Å². The monoisotopic (exact) mass is 1630 g/mol. The maximum absolute atomic E-state index is 5.20. The number of aromatic nitrogens is 17. The van der Waals surface area contributed by atoms with Gasteiger partial charge in [-0.15, -0.1) is 45.3 Å². The van der Waals surface area contributed by atoms with Gasteiger partial charge < -0.3 is 47.3 Å². The molecule has 31 heteroatoms. The number of hydrogen-bond acceptors (Lipinski definition) is 27. The molecule has 0 unspecified atom stereocenters. The maximum atomic E-state index is 5.20. The van der Waals surface area contributed by atoms with Crippen molar-refractivity contribution in [3.05, 3.63) is 276 Å². The van der Waals surface area contributed by atoms with Crippen LogP contribution < -0.4 is 47.3 Å². The number of aryl methyl sites for hydroxylation is 2. The molecule has 0 saturated carbocycles. The summed E-state index contributed by atoms with van der Waals surface area (Å²) in [4.78, 5) is 44.0. The first kappa shape index (κ1) is 73.9. The largest absolute Gasteiger partial charge is 0.497 e. The molecule has 0 amide bonds. The number of aromatic amines is 4. The van der Waals surface area contributed by atoms with Crippen molar-refractivity contribution in [2.24, 2.45) is 0 Å². The molecule has 0 spiro atoms. The van der Waals surface area contributed by atoms with Gasteiger partial charge in [0.2, 0.25) is 23.8 Å². The van der Waals surface area contributed by atoms with Crippen LogP contribution in [-0.2, 0) is 6.42 Å². The Kier molecular flexibility index (Phi) is 21.3. The molecule has 26 nitrogen and oxygen atoms in total. The summed E-state index contributed by atoms with van der Waals surface area (Å²) in [5.41, 5.74) is 19.0. The van der Waals surface area contributed by atoms with Crippen molar-refractivity contribution in [2.75, 3.05) is 49.6 Å². The number of ether oxygens (including phenoxy) is 1. The zero-order valence-corrected chi connectivity index (χ0v) is 66.9. The minimum absolute atomic E-state index is 0.531. The number of H-pyrrole nitrogens is 4. The van der Waals surface area contributed by atoms with E-state index in [0.717, 1.165) is 175 Å². The van der Waals surface area contributed by atoms with Crippen LogP contribution in [0.4, 0.5) is 92.6 Å². The van der Waals surface area contributed by atoms with Crippen LogP contribution in [0.1, 0.15) is 23.6 Å². The lowest BCUT2D eigenvalue weighted by atomic mass is 10.1. The Balaban J connectivity index is 0.000000108. The molecule has 0 atom stereocenters. The number of pyridine rings is 1. The molecule has 0 radical (unpaired) electrons. The van der Waals surface area contributed by atoms with Crippen LogP contribution in [0.15, 0.2) is 269 Å². The van der Waals surface area contributed by atoms with Gasteiger partial charge in [-0.25, -0.2) is 19.9 Å². The number of nitrogens with one attached hydrogen (secondary N) is 12. The molecule has 0 fully saturated rings. The van der Waals surface area contributed by atoms with Gasteiger partial charge in [-0.2, -0.15) is 40.3 Å². The van der Waals surface area contributed by atoms with Crippen LogP contribution in [-0.4, -0.2) is 92.8 Å². The standard InChI is InChI=1S/C24H17N7S2.2C21H18N6S.C20H16N6OS/c1-2-19(14-25-10-1)33-18-6-3-16(4-7-18)28-24-29-21-9-11-32-22(21)23(30-24)27-17-5-8-20-15(12-17)13-26-31-20;1-12-4-3-5-16(13(12)2)24-21-25-18-8-9-28-19(18)20(26-21)23-15-6-7-17-14(10-15)11-22-27-17;1-2-13-3-5-15(6-4-13)24-21-25-18-9-10-28-19(18)20(26-21)23-16-7-8-17-14(11-16)12-22-27-17;1-27-15-5-2-13(3-6-15)23-20-24-17-8-9-28-18(17)19(25-20)22-14-4-7-16-12(10-14)11-21-26-16/h1-14H,(H,26,31)(H2,27,28,29,30);3-11H,1-2H3,(H,22,27)(H2,23,24,25,26);3-12H,2H2,1H3,(H,22,27)(H2,23,24,25,26);2-11H,1H3,(H,21,26)(H2,22,23,24,25). The first-order chi connectivity index (χ1) is 57.5. The summed E-state index contributed by atoms with van der Waals surface area (Å²) in [5.74, 6) is 6.13. The number of methoxy groups -OCH3 is 1. The van der Waals surface area contributed by atoms with Crippen LogP contribution in [0.2, 0.25) is 0 Å². The second kappa shape index (κ2) is 33.7. The first-order valence-corrected chi connectivity index (χ1v) is 41.2. The highest BCUT2D eigenvalue weighted by Gasteiger charge is 2.17. The van der Waals surface area contributed by atoms with E-state index < -0.39 is 0 Å². The van der Waals surface area contributed by atoms with E-state index in [1.54, 1.807) is 76.6 Å². The van der Waals surface area contributed by atoms with Gasteiger partial charge in [0.15, 0.2) is 23.3 Å². The fourth-order valence-corrected chi connectivity index (χ4v) is 16.6. The van der Waals surface area contributed by atoms with E-state index in [-0.39, 0.29) is 0 Å². The number of thiophene rings is 4. The highest BCUT2D eigenvalue weighted by atomic mass is 32.2. The Morgan fingerprint density at radius 2 is 0.718 bits per heavy atom. The molecule has 8 aromatic carbocycles. The van der Waals surface area contributed by atoms with Gasteiger partial charge in [-0.3, -0.25) is 25.4 Å². The third-order valence-electron chi connectivity index (χ3n) is 18.8. The lowest BCUT2D eigenvalue weighted by molar-refractivity contribution is 0.415. The second-order valence-electron chi connectivity index (χ2n) is 26.7. The third-order valence-corrected chi connectivity index (χ3v) is 23.4. The van der Waals surface area contributed by atoms with Crippen molar-refractivity contribution in [1.29, 1.82) is 0 Å². The van der Waals surface area contributed by atoms with Crippen molar-refractivity contribution in [3.8, 4) is 5.75 Å². The molecule has 0 bridgehead atoms. The molecule has 0 aliphatic rings. The highest BCUT2D eigenvalue weighted by molar-refractivity contribution is 7.99. The third kappa shape index (κ3) is 17.2. The molecule has 21 aromatic rings. The SMILES string of the molecule is CCc1ccc(Nc2nc(Nc3ccc4[nH]ncc4c3)c3sccc3n2)cc1.COc1ccc(Nc2nc(Nc3ccc4[nH]ncc4c3)c3sccc3n2)cc1.Cc1cccc(Nc2nc(Nc3ccc4[nH]ncc4c3)c3sccc3n2)c1C.c1cncc(Sc2ccc(Nc3nc(Nc4ccc5[nH]ncc5c4)c4sccc4n3)cc2)c1. The average Bonchev–Trinajstić information content (AvgIpc) is 1.77. The summed E-state index contributed by atoms with van der Waals surface area (Å²) in [6.45, 7) is 6.34. The summed E-state index contributed by atoms with van der Waals surface area (Å²) in [6, 6.07) is 66.6. The molecule has 117 heavy (non-hydrogen) atoms. The molecule has 574 valence electrons. The number of anilines is 16. The van der Waals surface area contributed by atoms with E-state index in [9.17, 15) is 0 Å². The van der Waals surface area contributed by atoms with Crippen LogP contribution in [0.25, 0.3) is 84.5 Å². The molecule has 0 aliphatic heterocycles. The minimum atomic E-state index is 0.531. The first-order valence-electron chi connectivity index (χ1n) is 36.9. The fourth-order valence-electron chi connectivity index (χ4n) is 12.7. The number of rotatable bonds is 20. The summed E-state index contributed by atoms with van der Waals surface area (Å²) in [5, 5.41) is 67.5. The van der Waals surface area contributed by atoms with Crippen molar-refractivity contribution >= 4 is 234 Å². The average molecular weight is 1630 g/mol. The molecular formula is C86H69N25OS5. The molecule has 0 aliphatic carbocycles. The predicted molar refractivity (Wildman–Crippen MR) is 480 cm³/mol. The minimum Gasteiger partial charge on any atom is -0.497 e. The van der Waals surface area contributed by atoms with Gasteiger partial charge in [-0.05, 0) is 234 Å². The summed E-state index contributed by atoms with van der Waals surface area (Å²) < 4.78 is 9.27.